The summed E-state index contributed by atoms with van der Waals surface area (Å²) in [6.45, 7) is 2.18. The van der Waals surface area contributed by atoms with Gasteiger partial charge in [-0.05, 0) is 49.5 Å². The molecule has 5 heteroatoms. The Labute approximate surface area is 116 Å². The molecule has 19 heavy (non-hydrogen) atoms. The molecule has 1 unspecified atom stereocenters. The van der Waals surface area contributed by atoms with Gasteiger partial charge in [-0.25, -0.2) is 8.78 Å². The highest BCUT2D eigenvalue weighted by Gasteiger charge is 2.29. The summed E-state index contributed by atoms with van der Waals surface area (Å²) in [6.07, 6.45) is 1.48. The molecule has 0 bridgehead atoms. The van der Waals surface area contributed by atoms with Crippen LogP contribution in [0.4, 0.5) is 8.78 Å². The van der Waals surface area contributed by atoms with Crippen LogP contribution in [-0.2, 0) is 0 Å². The number of aliphatic hydroxyl groups is 1. The number of thioether (sulfide) groups is 1. The second-order valence-corrected chi connectivity index (χ2v) is 6.33. The van der Waals surface area contributed by atoms with E-state index in [0.29, 0.717) is 12.1 Å². The lowest BCUT2D eigenvalue weighted by Crippen LogP contribution is -2.44. The smallest absolute Gasteiger partial charge is 0.128 e. The highest BCUT2D eigenvalue weighted by molar-refractivity contribution is 7.99. The predicted molar refractivity (Wildman–Crippen MR) is 74.3 cm³/mol. The van der Waals surface area contributed by atoms with E-state index >= 15 is 0 Å². The number of rotatable bonds is 4. The molecule has 0 radical (unpaired) electrons. The Morgan fingerprint density at radius 2 is 2.05 bits per heavy atom. The van der Waals surface area contributed by atoms with E-state index in [4.69, 9.17) is 0 Å². The summed E-state index contributed by atoms with van der Waals surface area (Å²) in [5.74, 6) is 1.02. The maximum Gasteiger partial charge on any atom is 0.128 e. The van der Waals surface area contributed by atoms with Crippen molar-refractivity contribution in [2.24, 2.45) is 0 Å². The van der Waals surface area contributed by atoms with E-state index in [1.165, 1.54) is 6.07 Å². The monoisotopic (exact) mass is 287 g/mol. The van der Waals surface area contributed by atoms with Crippen LogP contribution in [0.3, 0.4) is 0 Å². The van der Waals surface area contributed by atoms with Crippen LogP contribution in [0, 0.1) is 11.6 Å². The molecule has 2 rings (SSSR count). The fourth-order valence-corrected chi connectivity index (χ4v) is 3.48. The van der Waals surface area contributed by atoms with Crippen LogP contribution in [0.15, 0.2) is 18.2 Å². The fraction of sp³-hybridized carbons (Fsp3) is 0.571. The number of hydrogen-bond donors (Lipinski definition) is 2. The highest BCUT2D eigenvalue weighted by atomic mass is 32.2. The summed E-state index contributed by atoms with van der Waals surface area (Å²) in [5.41, 5.74) is -0.419. The van der Waals surface area contributed by atoms with Crippen LogP contribution < -0.4 is 5.32 Å². The second kappa shape index (κ2) is 6.20. The fourth-order valence-electron chi connectivity index (χ4n) is 2.23. The molecule has 1 aliphatic rings. The lowest BCUT2D eigenvalue weighted by Gasteiger charge is -2.33. The molecule has 1 atom stereocenters. The van der Waals surface area contributed by atoms with Gasteiger partial charge in [0.25, 0.3) is 0 Å². The summed E-state index contributed by atoms with van der Waals surface area (Å²) in [7, 11) is 0. The van der Waals surface area contributed by atoms with E-state index in [1.807, 2.05) is 11.8 Å². The quantitative estimate of drug-likeness (QED) is 0.893. The predicted octanol–water partition coefficient (Wildman–Crippen LogP) is 2.87. The first-order valence-corrected chi connectivity index (χ1v) is 7.64. The maximum atomic E-state index is 13.6. The SMILES string of the molecule is CC(NCC1(O)CCSCC1)c1cc(F)ccc1F. The van der Waals surface area contributed by atoms with E-state index in [2.05, 4.69) is 5.32 Å². The van der Waals surface area contributed by atoms with Gasteiger partial charge in [0.2, 0.25) is 0 Å². The van der Waals surface area contributed by atoms with Crippen LogP contribution in [-0.4, -0.2) is 28.8 Å². The van der Waals surface area contributed by atoms with Crippen molar-refractivity contribution in [3.05, 3.63) is 35.4 Å². The van der Waals surface area contributed by atoms with Gasteiger partial charge in [-0.2, -0.15) is 11.8 Å². The second-order valence-electron chi connectivity index (χ2n) is 5.11. The molecule has 1 aliphatic heterocycles. The number of hydrogen-bond acceptors (Lipinski definition) is 3. The van der Waals surface area contributed by atoms with Gasteiger partial charge in [-0.15, -0.1) is 0 Å². The number of halogens is 2. The first-order valence-electron chi connectivity index (χ1n) is 6.49. The van der Waals surface area contributed by atoms with Gasteiger partial charge in [0.05, 0.1) is 5.60 Å². The average molecular weight is 287 g/mol. The molecule has 1 aromatic rings. The first-order chi connectivity index (χ1) is 9.00. The minimum atomic E-state index is -0.719. The van der Waals surface area contributed by atoms with Gasteiger partial charge in [-0.3, -0.25) is 0 Å². The zero-order valence-electron chi connectivity index (χ0n) is 11.0. The third-order valence-electron chi connectivity index (χ3n) is 3.59. The summed E-state index contributed by atoms with van der Waals surface area (Å²) < 4.78 is 26.7. The standard InChI is InChI=1S/C14H19F2NOS/c1-10(12-8-11(15)2-3-13(12)16)17-9-14(18)4-6-19-7-5-14/h2-3,8,10,17-18H,4-7,9H2,1H3. The van der Waals surface area contributed by atoms with Crippen molar-refractivity contribution in [3.63, 3.8) is 0 Å². The largest absolute Gasteiger partial charge is 0.389 e. The first kappa shape index (κ1) is 14.8. The maximum absolute atomic E-state index is 13.6. The van der Waals surface area contributed by atoms with E-state index in [9.17, 15) is 13.9 Å². The Morgan fingerprint density at radius 1 is 1.37 bits per heavy atom. The minimum absolute atomic E-state index is 0.300. The van der Waals surface area contributed by atoms with Gasteiger partial charge < -0.3 is 10.4 Å². The zero-order valence-corrected chi connectivity index (χ0v) is 11.8. The zero-order chi connectivity index (χ0) is 13.9. The van der Waals surface area contributed by atoms with Crippen molar-refractivity contribution in [3.8, 4) is 0 Å². The lowest BCUT2D eigenvalue weighted by atomic mass is 9.96. The molecular weight excluding hydrogens is 268 g/mol. The molecule has 1 heterocycles. The molecule has 0 saturated carbocycles. The van der Waals surface area contributed by atoms with Crippen LogP contribution in [0.1, 0.15) is 31.4 Å². The highest BCUT2D eigenvalue weighted by Crippen LogP contribution is 2.27. The number of nitrogens with one attached hydrogen (secondary N) is 1. The Hall–Kier alpha value is -0.650. The minimum Gasteiger partial charge on any atom is -0.389 e. The molecule has 2 nitrogen and oxygen atoms in total. The molecule has 0 amide bonds. The topological polar surface area (TPSA) is 32.3 Å². The molecule has 0 aliphatic carbocycles. The van der Waals surface area contributed by atoms with Crippen LogP contribution in [0.2, 0.25) is 0 Å². The molecule has 106 valence electrons. The van der Waals surface area contributed by atoms with Crippen molar-refractivity contribution in [1.82, 2.24) is 5.32 Å². The third-order valence-corrected chi connectivity index (χ3v) is 4.57. The van der Waals surface area contributed by atoms with Crippen molar-refractivity contribution in [2.45, 2.75) is 31.4 Å². The van der Waals surface area contributed by atoms with Gasteiger partial charge in [0.15, 0.2) is 0 Å². The summed E-state index contributed by atoms with van der Waals surface area (Å²) in [5, 5.41) is 13.5. The van der Waals surface area contributed by atoms with Crippen molar-refractivity contribution >= 4 is 11.8 Å². The van der Waals surface area contributed by atoms with Crippen molar-refractivity contribution < 1.29 is 13.9 Å². The lowest BCUT2D eigenvalue weighted by molar-refractivity contribution is 0.0299. The summed E-state index contributed by atoms with van der Waals surface area (Å²) in [4.78, 5) is 0. The van der Waals surface area contributed by atoms with E-state index in [-0.39, 0.29) is 6.04 Å². The van der Waals surface area contributed by atoms with E-state index < -0.39 is 17.2 Å². The third kappa shape index (κ3) is 3.91. The molecular formula is C14H19F2NOS. The number of benzene rings is 1. The summed E-state index contributed by atoms with van der Waals surface area (Å²) >= 11 is 1.83. The van der Waals surface area contributed by atoms with Gasteiger partial charge in [0, 0.05) is 18.2 Å². The van der Waals surface area contributed by atoms with Crippen LogP contribution >= 0.6 is 11.8 Å². The van der Waals surface area contributed by atoms with Gasteiger partial charge in [-0.1, -0.05) is 0 Å². The summed E-state index contributed by atoms with van der Waals surface area (Å²) in [6, 6.07) is 3.12. The van der Waals surface area contributed by atoms with Crippen LogP contribution in [0.5, 0.6) is 0 Å². The molecule has 2 N–H and O–H groups in total. The average Bonchev–Trinajstić information content (AvgIpc) is 2.40. The van der Waals surface area contributed by atoms with Gasteiger partial charge >= 0.3 is 0 Å². The molecule has 0 aromatic heterocycles. The van der Waals surface area contributed by atoms with Gasteiger partial charge in [0.1, 0.15) is 11.6 Å². The Kier molecular flexibility index (Phi) is 4.81. The van der Waals surface area contributed by atoms with E-state index in [1.54, 1.807) is 6.92 Å². The molecule has 0 spiro atoms. The molecule has 1 saturated heterocycles. The van der Waals surface area contributed by atoms with Crippen molar-refractivity contribution in [2.75, 3.05) is 18.1 Å². The Morgan fingerprint density at radius 3 is 2.74 bits per heavy atom. The van der Waals surface area contributed by atoms with Crippen LogP contribution in [0.25, 0.3) is 0 Å². The Bertz CT molecular complexity index is 435. The molecule has 1 fully saturated rings. The Balaban J connectivity index is 1.97. The normalized spacial score (nSPS) is 20.2. The molecule has 1 aromatic carbocycles. The van der Waals surface area contributed by atoms with E-state index in [0.717, 1.165) is 36.5 Å². The van der Waals surface area contributed by atoms with Crippen molar-refractivity contribution in [1.29, 1.82) is 0 Å².